The number of ether oxygens (including phenoxy) is 1. The minimum absolute atomic E-state index is 0.126. The van der Waals surface area contributed by atoms with Gasteiger partial charge in [-0.15, -0.1) is 0 Å². The molecule has 0 saturated carbocycles. The molecular weight excluding hydrogens is 262 g/mol. The molecule has 0 bridgehead atoms. The van der Waals surface area contributed by atoms with Crippen LogP contribution < -0.4 is 0 Å². The van der Waals surface area contributed by atoms with Crippen molar-refractivity contribution in [2.24, 2.45) is 0 Å². The number of sulfonamides is 1. The quantitative estimate of drug-likeness (QED) is 0.716. The van der Waals surface area contributed by atoms with E-state index in [9.17, 15) is 18.0 Å². The number of piperidine rings is 1. The number of carbonyl (C=O) groups is 2. The van der Waals surface area contributed by atoms with E-state index in [0.717, 1.165) is 11.4 Å². The largest absolute Gasteiger partial charge is 0.480 e. The van der Waals surface area contributed by atoms with Crippen LogP contribution in [0.25, 0.3) is 0 Å². The second-order valence-electron chi connectivity index (χ2n) is 4.17. The topological polar surface area (TPSA) is 101 Å². The number of rotatable bonds is 4. The molecule has 1 fully saturated rings. The molecule has 0 radical (unpaired) electrons. The zero-order chi connectivity index (χ0) is 13.9. The van der Waals surface area contributed by atoms with Gasteiger partial charge < -0.3 is 9.84 Å². The van der Waals surface area contributed by atoms with Crippen LogP contribution in [-0.2, 0) is 24.3 Å². The van der Waals surface area contributed by atoms with E-state index in [0.29, 0.717) is 12.8 Å². The van der Waals surface area contributed by atoms with Crippen molar-refractivity contribution in [3.05, 3.63) is 0 Å². The van der Waals surface area contributed by atoms with E-state index in [1.807, 2.05) is 0 Å². The fraction of sp³-hybridized carbons (Fsp3) is 0.800. The Labute approximate surface area is 106 Å². The number of nitrogens with zero attached hydrogens (tertiary/aromatic N) is 1. The Morgan fingerprint density at radius 3 is 2.50 bits per heavy atom. The minimum atomic E-state index is -3.99. The first-order valence-electron chi connectivity index (χ1n) is 5.63. The van der Waals surface area contributed by atoms with Crippen molar-refractivity contribution in [3.63, 3.8) is 0 Å². The number of carboxylic acids is 1. The third-order valence-electron chi connectivity index (χ3n) is 3.05. The molecule has 0 aromatic rings. The van der Waals surface area contributed by atoms with Crippen LogP contribution in [0.15, 0.2) is 0 Å². The molecule has 8 heteroatoms. The summed E-state index contributed by atoms with van der Waals surface area (Å²) in [6.45, 7) is 1.33. The third-order valence-corrected chi connectivity index (χ3v) is 5.22. The van der Waals surface area contributed by atoms with Gasteiger partial charge in [-0.1, -0.05) is 0 Å². The molecule has 18 heavy (non-hydrogen) atoms. The Hall–Kier alpha value is -1.15. The molecule has 2 unspecified atom stereocenters. The third kappa shape index (κ3) is 2.81. The van der Waals surface area contributed by atoms with E-state index in [1.54, 1.807) is 0 Å². The lowest BCUT2D eigenvalue weighted by Crippen LogP contribution is -2.52. The highest BCUT2D eigenvalue weighted by molar-refractivity contribution is 7.90. The van der Waals surface area contributed by atoms with Crippen LogP contribution in [0.3, 0.4) is 0 Å². The molecule has 1 aliphatic rings. The van der Waals surface area contributed by atoms with Crippen LogP contribution in [-0.4, -0.2) is 54.7 Å². The molecule has 1 saturated heterocycles. The Kier molecular flexibility index (Phi) is 4.69. The average Bonchev–Trinajstić information content (AvgIpc) is 2.36. The van der Waals surface area contributed by atoms with Gasteiger partial charge in [0.25, 0.3) is 0 Å². The Morgan fingerprint density at radius 2 is 2.00 bits per heavy atom. The van der Waals surface area contributed by atoms with Crippen molar-refractivity contribution in [2.45, 2.75) is 37.5 Å². The molecule has 0 amide bonds. The summed E-state index contributed by atoms with van der Waals surface area (Å²) in [6, 6.07) is -1.09. The van der Waals surface area contributed by atoms with Crippen LogP contribution in [0.2, 0.25) is 0 Å². The summed E-state index contributed by atoms with van der Waals surface area (Å²) in [5.74, 6) is -2.07. The monoisotopic (exact) mass is 279 g/mol. The summed E-state index contributed by atoms with van der Waals surface area (Å²) >= 11 is 0. The van der Waals surface area contributed by atoms with E-state index >= 15 is 0 Å². The number of aliphatic carboxylic acids is 1. The van der Waals surface area contributed by atoms with E-state index in [-0.39, 0.29) is 13.0 Å². The highest BCUT2D eigenvalue weighted by Crippen LogP contribution is 2.23. The zero-order valence-electron chi connectivity index (χ0n) is 10.3. The Bertz CT molecular complexity index is 432. The fourth-order valence-corrected chi connectivity index (χ4v) is 3.63. The lowest BCUT2D eigenvalue weighted by Gasteiger charge is -2.33. The number of esters is 1. The normalized spacial score (nSPS) is 23.3. The summed E-state index contributed by atoms with van der Waals surface area (Å²) < 4.78 is 29.6. The van der Waals surface area contributed by atoms with Gasteiger partial charge in [0, 0.05) is 6.54 Å². The number of carbonyl (C=O) groups excluding carboxylic acids is 1. The van der Waals surface area contributed by atoms with Gasteiger partial charge >= 0.3 is 11.9 Å². The van der Waals surface area contributed by atoms with Crippen LogP contribution >= 0.6 is 0 Å². The first kappa shape index (κ1) is 14.9. The van der Waals surface area contributed by atoms with Gasteiger partial charge in [-0.05, 0) is 26.2 Å². The molecule has 1 N–H and O–H groups in total. The van der Waals surface area contributed by atoms with E-state index in [2.05, 4.69) is 4.74 Å². The van der Waals surface area contributed by atoms with Gasteiger partial charge in [-0.2, -0.15) is 4.31 Å². The number of hydrogen-bond donors (Lipinski definition) is 1. The summed E-state index contributed by atoms with van der Waals surface area (Å²) in [6.07, 6.45) is 1.52. The number of hydrogen-bond acceptors (Lipinski definition) is 5. The molecule has 7 nitrogen and oxygen atoms in total. The number of carboxylic acid groups (broad SMARTS) is 1. The van der Waals surface area contributed by atoms with Gasteiger partial charge in [-0.25, -0.2) is 8.42 Å². The predicted octanol–water partition coefficient (Wildman–Crippen LogP) is -0.183. The molecule has 0 aromatic heterocycles. The molecule has 2 atom stereocenters. The van der Waals surface area contributed by atoms with Gasteiger partial charge in [0.1, 0.15) is 6.04 Å². The van der Waals surface area contributed by atoms with Crippen LogP contribution in [0, 0.1) is 0 Å². The Balaban J connectivity index is 3.01. The zero-order valence-corrected chi connectivity index (χ0v) is 11.1. The summed E-state index contributed by atoms with van der Waals surface area (Å²) in [4.78, 5) is 22.4. The highest BCUT2D eigenvalue weighted by atomic mass is 32.2. The van der Waals surface area contributed by atoms with E-state index in [1.165, 1.54) is 6.92 Å². The summed E-state index contributed by atoms with van der Waals surface area (Å²) in [5, 5.41) is 7.64. The van der Waals surface area contributed by atoms with Crippen molar-refractivity contribution in [1.29, 1.82) is 0 Å². The smallest absolute Gasteiger partial charge is 0.325 e. The molecule has 104 valence electrons. The first-order chi connectivity index (χ1) is 8.32. The van der Waals surface area contributed by atoms with Crippen LogP contribution in [0.5, 0.6) is 0 Å². The highest BCUT2D eigenvalue weighted by Gasteiger charge is 2.42. The van der Waals surface area contributed by atoms with Gasteiger partial charge in [0.2, 0.25) is 10.0 Å². The van der Waals surface area contributed by atoms with Crippen LogP contribution in [0.1, 0.15) is 26.2 Å². The molecule has 1 heterocycles. The van der Waals surface area contributed by atoms with Crippen molar-refractivity contribution < 1.29 is 27.9 Å². The molecular formula is C10H17NO6S. The van der Waals surface area contributed by atoms with Crippen molar-refractivity contribution in [1.82, 2.24) is 4.31 Å². The second kappa shape index (κ2) is 5.66. The molecule has 1 rings (SSSR count). The van der Waals surface area contributed by atoms with Crippen LogP contribution in [0.4, 0.5) is 0 Å². The fourth-order valence-electron chi connectivity index (χ4n) is 1.95. The molecule has 0 aromatic carbocycles. The lowest BCUT2D eigenvalue weighted by atomic mass is 10.1. The molecule has 1 aliphatic heterocycles. The number of methoxy groups -OCH3 is 1. The minimum Gasteiger partial charge on any atom is -0.480 e. The van der Waals surface area contributed by atoms with Crippen molar-refractivity contribution in [2.75, 3.05) is 13.7 Å². The standard InChI is InChI=1S/C10H17NO6S/c1-7(10(14)17-2)18(15,16)11-6-4-3-5-8(11)9(12)13/h7-8H,3-6H2,1-2H3,(H,12,13). The van der Waals surface area contributed by atoms with E-state index < -0.39 is 33.3 Å². The first-order valence-corrected chi connectivity index (χ1v) is 7.14. The maximum atomic E-state index is 12.2. The van der Waals surface area contributed by atoms with E-state index in [4.69, 9.17) is 5.11 Å². The Morgan fingerprint density at radius 1 is 1.39 bits per heavy atom. The maximum Gasteiger partial charge on any atom is 0.325 e. The van der Waals surface area contributed by atoms with Crippen molar-refractivity contribution in [3.8, 4) is 0 Å². The maximum absolute atomic E-state index is 12.2. The lowest BCUT2D eigenvalue weighted by molar-refractivity contribution is -0.143. The summed E-state index contributed by atoms with van der Waals surface area (Å²) in [5.41, 5.74) is 0. The van der Waals surface area contributed by atoms with Gasteiger partial charge in [0.15, 0.2) is 5.25 Å². The molecule has 0 spiro atoms. The second-order valence-corrected chi connectivity index (χ2v) is 6.38. The average molecular weight is 279 g/mol. The SMILES string of the molecule is COC(=O)C(C)S(=O)(=O)N1CCCCC1C(=O)O. The summed E-state index contributed by atoms with van der Waals surface area (Å²) in [7, 11) is -2.89. The predicted molar refractivity (Wildman–Crippen MR) is 62.4 cm³/mol. The van der Waals surface area contributed by atoms with Gasteiger partial charge in [-0.3, -0.25) is 9.59 Å². The van der Waals surface area contributed by atoms with Crippen molar-refractivity contribution >= 4 is 22.0 Å². The molecule has 0 aliphatic carbocycles. The van der Waals surface area contributed by atoms with Gasteiger partial charge in [0.05, 0.1) is 7.11 Å².